The number of halogens is 3. The number of methoxy groups -OCH3 is 1. The fourth-order valence-electron chi connectivity index (χ4n) is 2.27. The highest BCUT2D eigenvalue weighted by Gasteiger charge is 2.13. The molecule has 0 saturated heterocycles. The summed E-state index contributed by atoms with van der Waals surface area (Å²) in [5, 5.41) is 0. The van der Waals surface area contributed by atoms with E-state index in [1.165, 1.54) is 0 Å². The Labute approximate surface area is 144 Å². The number of rotatable bonds is 3. The van der Waals surface area contributed by atoms with Gasteiger partial charge in [0.2, 0.25) is 0 Å². The topological polar surface area (TPSA) is 27.1 Å². The highest BCUT2D eigenvalue weighted by molar-refractivity contribution is 9.10. The first-order valence-electron chi connectivity index (χ1n) is 6.20. The number of benzene rings is 2. The summed E-state index contributed by atoms with van der Waals surface area (Å²) < 4.78 is 9.32. The van der Waals surface area contributed by atoms with Crippen molar-refractivity contribution in [3.05, 3.63) is 51.2 Å². The molecule has 0 aliphatic heterocycles. The maximum absolute atomic E-state index is 6.07. The van der Waals surface area contributed by atoms with E-state index in [9.17, 15) is 0 Å². The highest BCUT2D eigenvalue weighted by atomic mass is 79.9. The van der Waals surface area contributed by atoms with Gasteiger partial charge in [-0.2, -0.15) is 0 Å². The molecule has 0 spiro atoms. The van der Waals surface area contributed by atoms with Crippen molar-refractivity contribution >= 4 is 54.5 Å². The van der Waals surface area contributed by atoms with Crippen LogP contribution in [0.1, 0.15) is 5.82 Å². The first-order chi connectivity index (χ1) is 10.1. The van der Waals surface area contributed by atoms with E-state index in [4.69, 9.17) is 16.3 Å². The number of imidazole rings is 1. The molecule has 1 aromatic heterocycles. The smallest absolute Gasteiger partial charge is 0.129 e. The second-order valence-electron chi connectivity index (χ2n) is 4.48. The maximum Gasteiger partial charge on any atom is 0.129 e. The third kappa shape index (κ3) is 2.82. The lowest BCUT2D eigenvalue weighted by atomic mass is 10.2. The molecule has 3 nitrogen and oxygen atoms in total. The van der Waals surface area contributed by atoms with Crippen molar-refractivity contribution in [3.8, 4) is 11.4 Å². The number of alkyl halides is 1. The molecule has 0 aliphatic carbocycles. The zero-order valence-corrected chi connectivity index (χ0v) is 15.0. The summed E-state index contributed by atoms with van der Waals surface area (Å²) in [5.74, 6) is 1.91. The molecule has 0 atom stereocenters. The van der Waals surface area contributed by atoms with Crippen LogP contribution in [0, 0.1) is 0 Å². The zero-order chi connectivity index (χ0) is 15.0. The number of hydrogen-bond acceptors (Lipinski definition) is 2. The van der Waals surface area contributed by atoms with Gasteiger partial charge >= 0.3 is 0 Å². The normalized spacial score (nSPS) is 11.0. The third-order valence-electron chi connectivity index (χ3n) is 3.16. The second-order valence-corrected chi connectivity index (χ2v) is 6.58. The summed E-state index contributed by atoms with van der Waals surface area (Å²) in [6, 6.07) is 11.9. The van der Waals surface area contributed by atoms with Crippen molar-refractivity contribution in [1.29, 1.82) is 0 Å². The van der Waals surface area contributed by atoms with Crippen molar-refractivity contribution in [1.82, 2.24) is 9.55 Å². The van der Waals surface area contributed by atoms with Crippen LogP contribution >= 0.6 is 43.5 Å². The Morgan fingerprint density at radius 3 is 2.67 bits per heavy atom. The van der Waals surface area contributed by atoms with Crippen molar-refractivity contribution in [3.63, 3.8) is 0 Å². The Hall–Kier alpha value is -1.04. The molecule has 2 aromatic carbocycles. The van der Waals surface area contributed by atoms with Gasteiger partial charge < -0.3 is 4.74 Å². The summed E-state index contributed by atoms with van der Waals surface area (Å²) in [6.07, 6.45) is 0. The van der Waals surface area contributed by atoms with Gasteiger partial charge in [-0.3, -0.25) is 4.57 Å². The van der Waals surface area contributed by atoms with Crippen LogP contribution in [0.25, 0.3) is 16.7 Å². The zero-order valence-electron chi connectivity index (χ0n) is 11.1. The Bertz CT molecular complexity index is 817. The van der Waals surface area contributed by atoms with E-state index in [0.29, 0.717) is 5.88 Å². The van der Waals surface area contributed by atoms with E-state index in [1.807, 2.05) is 41.0 Å². The maximum atomic E-state index is 6.07. The minimum atomic E-state index is 0.334. The Kier molecular flexibility index (Phi) is 4.24. The van der Waals surface area contributed by atoms with Gasteiger partial charge in [0, 0.05) is 15.0 Å². The minimum absolute atomic E-state index is 0.334. The van der Waals surface area contributed by atoms with Crippen LogP contribution in [0.3, 0.4) is 0 Å². The summed E-state index contributed by atoms with van der Waals surface area (Å²) in [5.41, 5.74) is 2.87. The Morgan fingerprint density at radius 2 is 1.95 bits per heavy atom. The van der Waals surface area contributed by atoms with Gasteiger partial charge in [0.15, 0.2) is 0 Å². The van der Waals surface area contributed by atoms with Crippen LogP contribution in [0.2, 0.25) is 0 Å². The van der Waals surface area contributed by atoms with Crippen LogP contribution < -0.4 is 4.74 Å². The molecule has 0 N–H and O–H groups in total. The number of nitrogens with zero attached hydrogens (tertiary/aromatic N) is 2. The lowest BCUT2D eigenvalue weighted by molar-refractivity contribution is 0.414. The number of hydrogen-bond donors (Lipinski definition) is 0. The van der Waals surface area contributed by atoms with E-state index >= 15 is 0 Å². The van der Waals surface area contributed by atoms with E-state index < -0.39 is 0 Å². The molecule has 3 aromatic rings. The van der Waals surface area contributed by atoms with E-state index in [1.54, 1.807) is 7.11 Å². The van der Waals surface area contributed by atoms with Gasteiger partial charge in [-0.1, -0.05) is 31.9 Å². The summed E-state index contributed by atoms with van der Waals surface area (Å²) in [6.45, 7) is 0. The third-order valence-corrected chi connectivity index (χ3v) is 4.35. The summed E-state index contributed by atoms with van der Waals surface area (Å²) in [7, 11) is 1.65. The standard InChI is InChI=1S/C15H11Br2ClN2O/c1-21-12-5-10(17)4-11(7-12)20-14-6-9(16)2-3-13(14)19-15(20)8-18/h2-7H,8H2,1H3. The van der Waals surface area contributed by atoms with Crippen molar-refractivity contribution in [2.24, 2.45) is 0 Å². The van der Waals surface area contributed by atoms with Crippen molar-refractivity contribution in [2.45, 2.75) is 5.88 Å². The average Bonchev–Trinajstić information content (AvgIpc) is 2.84. The fourth-order valence-corrected chi connectivity index (χ4v) is 3.26. The predicted octanol–water partition coefficient (Wildman–Crippen LogP) is 5.30. The van der Waals surface area contributed by atoms with Crippen molar-refractivity contribution in [2.75, 3.05) is 7.11 Å². The van der Waals surface area contributed by atoms with Crippen LogP contribution in [0.4, 0.5) is 0 Å². The number of ether oxygens (including phenoxy) is 1. The monoisotopic (exact) mass is 428 g/mol. The predicted molar refractivity (Wildman–Crippen MR) is 92.6 cm³/mol. The van der Waals surface area contributed by atoms with E-state index in [-0.39, 0.29) is 0 Å². The molecule has 0 aliphatic rings. The van der Waals surface area contributed by atoms with E-state index in [2.05, 4.69) is 36.8 Å². The Morgan fingerprint density at radius 1 is 1.14 bits per heavy atom. The molecule has 0 saturated carbocycles. The molecule has 1 heterocycles. The lowest BCUT2D eigenvalue weighted by Crippen LogP contribution is -2.00. The van der Waals surface area contributed by atoms with Crippen LogP contribution in [-0.4, -0.2) is 16.7 Å². The molecule has 0 bridgehead atoms. The molecule has 0 amide bonds. The van der Waals surface area contributed by atoms with Crippen molar-refractivity contribution < 1.29 is 4.74 Å². The van der Waals surface area contributed by atoms with Crippen LogP contribution in [0.15, 0.2) is 45.3 Å². The number of aromatic nitrogens is 2. The quantitative estimate of drug-likeness (QED) is 0.528. The van der Waals surface area contributed by atoms with E-state index in [0.717, 1.165) is 37.2 Å². The fraction of sp³-hybridized carbons (Fsp3) is 0.133. The molecule has 6 heteroatoms. The molecule has 0 radical (unpaired) electrons. The molecular formula is C15H11Br2ClN2O. The first-order valence-corrected chi connectivity index (χ1v) is 8.32. The molecule has 108 valence electrons. The van der Waals surface area contributed by atoms with Gasteiger partial charge in [-0.05, 0) is 30.3 Å². The van der Waals surface area contributed by atoms with Gasteiger partial charge in [0.1, 0.15) is 11.6 Å². The molecular weight excluding hydrogens is 419 g/mol. The lowest BCUT2D eigenvalue weighted by Gasteiger charge is -2.10. The van der Waals surface area contributed by atoms with Gasteiger partial charge in [0.05, 0.1) is 29.7 Å². The number of fused-ring (bicyclic) bond motifs is 1. The molecule has 21 heavy (non-hydrogen) atoms. The molecule has 3 rings (SSSR count). The summed E-state index contributed by atoms with van der Waals surface area (Å²) >= 11 is 13.1. The minimum Gasteiger partial charge on any atom is -0.497 e. The highest BCUT2D eigenvalue weighted by Crippen LogP contribution is 2.29. The Balaban J connectivity index is 2.32. The first kappa shape index (κ1) is 14.9. The molecule has 0 fully saturated rings. The van der Waals surface area contributed by atoms with Gasteiger partial charge in [-0.25, -0.2) is 4.98 Å². The van der Waals surface area contributed by atoms with Crippen LogP contribution in [-0.2, 0) is 5.88 Å². The SMILES string of the molecule is COc1cc(Br)cc(-n2c(CCl)nc3ccc(Br)cc32)c1. The van der Waals surface area contributed by atoms with Gasteiger partial charge in [0.25, 0.3) is 0 Å². The van der Waals surface area contributed by atoms with Gasteiger partial charge in [-0.15, -0.1) is 11.6 Å². The largest absolute Gasteiger partial charge is 0.497 e. The van der Waals surface area contributed by atoms with Crippen LogP contribution in [0.5, 0.6) is 5.75 Å². The second kappa shape index (κ2) is 5.99. The average molecular weight is 431 g/mol. The summed E-state index contributed by atoms with van der Waals surface area (Å²) in [4.78, 5) is 4.59. The molecule has 0 unspecified atom stereocenters.